The van der Waals surface area contributed by atoms with Crippen LogP contribution in [0.1, 0.15) is 36.8 Å². The van der Waals surface area contributed by atoms with Gasteiger partial charge in [0.2, 0.25) is 0 Å². The minimum atomic E-state index is -0.754. The van der Waals surface area contributed by atoms with Crippen LogP contribution in [-0.4, -0.2) is 17.6 Å². The van der Waals surface area contributed by atoms with E-state index < -0.39 is 5.97 Å². The van der Waals surface area contributed by atoms with Gasteiger partial charge in [0.15, 0.2) is 0 Å². The van der Waals surface area contributed by atoms with Crippen molar-refractivity contribution in [2.24, 2.45) is 0 Å². The summed E-state index contributed by atoms with van der Waals surface area (Å²) in [4.78, 5) is 10.6. The molecule has 0 amide bonds. The summed E-state index contributed by atoms with van der Waals surface area (Å²) in [5, 5.41) is 12.2. The van der Waals surface area contributed by atoms with Gasteiger partial charge in [-0.3, -0.25) is 4.79 Å². The lowest BCUT2D eigenvalue weighted by molar-refractivity contribution is -0.136. The molecule has 0 aliphatic heterocycles. The van der Waals surface area contributed by atoms with Crippen LogP contribution < -0.4 is 5.32 Å². The highest BCUT2D eigenvalue weighted by molar-refractivity contribution is 5.67. The van der Waals surface area contributed by atoms with Crippen LogP contribution >= 0.6 is 0 Å². The molecule has 116 valence electrons. The topological polar surface area (TPSA) is 49.3 Å². The van der Waals surface area contributed by atoms with Gasteiger partial charge in [-0.05, 0) is 36.1 Å². The number of hydrogen-bond acceptors (Lipinski definition) is 2. The fraction of sp³-hybridized carbons (Fsp3) is 0.316. The lowest BCUT2D eigenvalue weighted by Crippen LogP contribution is -2.12. The van der Waals surface area contributed by atoms with Crippen LogP contribution in [0.3, 0.4) is 0 Å². The van der Waals surface area contributed by atoms with Crippen LogP contribution in [0, 0.1) is 0 Å². The highest BCUT2D eigenvalue weighted by atomic mass is 16.4. The number of anilines is 1. The molecule has 0 spiro atoms. The highest BCUT2D eigenvalue weighted by Gasteiger charge is 2.08. The monoisotopic (exact) mass is 297 g/mol. The van der Waals surface area contributed by atoms with Crippen molar-refractivity contribution in [3.8, 4) is 0 Å². The van der Waals surface area contributed by atoms with E-state index in [1.54, 1.807) is 0 Å². The van der Waals surface area contributed by atoms with Crippen molar-refractivity contribution in [2.75, 3.05) is 11.9 Å². The molecule has 1 unspecified atom stereocenters. The van der Waals surface area contributed by atoms with Crippen molar-refractivity contribution in [3.05, 3.63) is 65.7 Å². The molecule has 22 heavy (non-hydrogen) atoms. The number of hydrogen-bond donors (Lipinski definition) is 2. The maximum absolute atomic E-state index is 10.6. The Balaban J connectivity index is 1.89. The van der Waals surface area contributed by atoms with E-state index in [9.17, 15) is 4.79 Å². The Morgan fingerprint density at radius 1 is 1.09 bits per heavy atom. The van der Waals surface area contributed by atoms with Gasteiger partial charge < -0.3 is 10.4 Å². The van der Waals surface area contributed by atoms with Gasteiger partial charge in [-0.1, -0.05) is 49.4 Å². The normalized spacial score (nSPS) is 11.9. The van der Waals surface area contributed by atoms with Crippen LogP contribution in [0.15, 0.2) is 54.6 Å². The number of carbonyl (C=O) groups is 1. The number of rotatable bonds is 8. The SMILES string of the molecule is CCC(CNc1ccc(CCC(=O)O)cc1)c1ccccc1. The van der Waals surface area contributed by atoms with Gasteiger partial charge in [0, 0.05) is 24.6 Å². The molecular formula is C19H23NO2. The molecule has 0 fully saturated rings. The fourth-order valence-corrected chi connectivity index (χ4v) is 2.50. The third kappa shape index (κ3) is 4.92. The van der Waals surface area contributed by atoms with Crippen molar-refractivity contribution >= 4 is 11.7 Å². The zero-order valence-corrected chi connectivity index (χ0v) is 13.0. The van der Waals surface area contributed by atoms with Crippen LogP contribution in [-0.2, 0) is 11.2 Å². The van der Waals surface area contributed by atoms with Crippen LogP contribution in [0.5, 0.6) is 0 Å². The number of benzene rings is 2. The Morgan fingerprint density at radius 2 is 1.77 bits per heavy atom. The van der Waals surface area contributed by atoms with Gasteiger partial charge in [0.05, 0.1) is 0 Å². The fourth-order valence-electron chi connectivity index (χ4n) is 2.50. The van der Waals surface area contributed by atoms with E-state index in [2.05, 4.69) is 36.5 Å². The maximum Gasteiger partial charge on any atom is 0.303 e. The number of aryl methyl sites for hydroxylation is 1. The van der Waals surface area contributed by atoms with E-state index in [0.717, 1.165) is 24.2 Å². The average molecular weight is 297 g/mol. The van der Waals surface area contributed by atoms with E-state index in [1.165, 1.54) is 5.56 Å². The van der Waals surface area contributed by atoms with Crippen molar-refractivity contribution in [1.82, 2.24) is 0 Å². The molecule has 0 bridgehead atoms. The van der Waals surface area contributed by atoms with Crippen molar-refractivity contribution < 1.29 is 9.90 Å². The lowest BCUT2D eigenvalue weighted by atomic mass is 9.96. The molecule has 2 N–H and O–H groups in total. The maximum atomic E-state index is 10.6. The zero-order valence-electron chi connectivity index (χ0n) is 13.0. The van der Waals surface area contributed by atoms with Gasteiger partial charge in [-0.25, -0.2) is 0 Å². The molecule has 0 saturated heterocycles. The molecule has 3 nitrogen and oxygen atoms in total. The number of carboxylic acid groups (broad SMARTS) is 1. The molecule has 2 aromatic carbocycles. The van der Waals surface area contributed by atoms with E-state index in [1.807, 2.05) is 30.3 Å². The first kappa shape index (κ1) is 16.1. The van der Waals surface area contributed by atoms with E-state index in [0.29, 0.717) is 12.3 Å². The van der Waals surface area contributed by atoms with Gasteiger partial charge in [-0.15, -0.1) is 0 Å². The Morgan fingerprint density at radius 3 is 2.36 bits per heavy atom. The zero-order chi connectivity index (χ0) is 15.8. The van der Waals surface area contributed by atoms with Gasteiger partial charge in [0.1, 0.15) is 0 Å². The molecular weight excluding hydrogens is 274 g/mol. The molecule has 2 aromatic rings. The molecule has 0 radical (unpaired) electrons. The third-order valence-corrected chi connectivity index (χ3v) is 3.90. The summed E-state index contributed by atoms with van der Waals surface area (Å²) >= 11 is 0. The summed E-state index contributed by atoms with van der Waals surface area (Å²) in [5.41, 5.74) is 3.49. The Bertz CT molecular complexity index is 578. The third-order valence-electron chi connectivity index (χ3n) is 3.90. The number of aliphatic carboxylic acids is 1. The Labute approximate surface area is 132 Å². The molecule has 0 aromatic heterocycles. The minimum absolute atomic E-state index is 0.179. The van der Waals surface area contributed by atoms with Crippen molar-refractivity contribution in [2.45, 2.75) is 32.1 Å². The largest absolute Gasteiger partial charge is 0.481 e. The summed E-state index contributed by atoms with van der Waals surface area (Å²) in [6.07, 6.45) is 1.85. The quantitative estimate of drug-likeness (QED) is 0.763. The molecule has 0 saturated carbocycles. The Hall–Kier alpha value is -2.29. The molecule has 0 heterocycles. The predicted octanol–water partition coefficient (Wildman–Crippen LogP) is 4.31. The van der Waals surface area contributed by atoms with Crippen molar-refractivity contribution in [1.29, 1.82) is 0 Å². The smallest absolute Gasteiger partial charge is 0.303 e. The summed E-state index contributed by atoms with van der Waals surface area (Å²) in [6.45, 7) is 3.10. The second-order valence-electron chi connectivity index (χ2n) is 5.49. The summed E-state index contributed by atoms with van der Waals surface area (Å²) in [5.74, 6) is -0.260. The number of nitrogens with one attached hydrogen (secondary N) is 1. The van der Waals surface area contributed by atoms with E-state index >= 15 is 0 Å². The molecule has 0 aliphatic rings. The first-order valence-corrected chi connectivity index (χ1v) is 7.78. The minimum Gasteiger partial charge on any atom is -0.481 e. The molecule has 0 aliphatic carbocycles. The summed E-state index contributed by atoms with van der Waals surface area (Å²) < 4.78 is 0. The first-order chi connectivity index (χ1) is 10.7. The van der Waals surface area contributed by atoms with Crippen LogP contribution in [0.4, 0.5) is 5.69 Å². The Kier molecular flexibility index (Phi) is 6.01. The standard InChI is InChI=1S/C19H23NO2/c1-2-16(17-6-4-3-5-7-17)14-20-18-11-8-15(9-12-18)10-13-19(21)22/h3-9,11-12,16,20H,2,10,13-14H2,1H3,(H,21,22). The second kappa shape index (κ2) is 8.23. The van der Waals surface area contributed by atoms with Gasteiger partial charge in [-0.2, -0.15) is 0 Å². The summed E-state index contributed by atoms with van der Waals surface area (Å²) in [7, 11) is 0. The van der Waals surface area contributed by atoms with Crippen molar-refractivity contribution in [3.63, 3.8) is 0 Å². The second-order valence-corrected chi connectivity index (χ2v) is 5.49. The van der Waals surface area contributed by atoms with Crippen LogP contribution in [0.25, 0.3) is 0 Å². The van der Waals surface area contributed by atoms with E-state index in [-0.39, 0.29) is 6.42 Å². The van der Waals surface area contributed by atoms with E-state index in [4.69, 9.17) is 5.11 Å². The number of carboxylic acids is 1. The summed E-state index contributed by atoms with van der Waals surface area (Å²) in [6, 6.07) is 18.6. The average Bonchev–Trinajstić information content (AvgIpc) is 2.55. The molecule has 3 heteroatoms. The lowest BCUT2D eigenvalue weighted by Gasteiger charge is -2.17. The highest BCUT2D eigenvalue weighted by Crippen LogP contribution is 2.20. The molecule has 1 atom stereocenters. The predicted molar refractivity (Wildman–Crippen MR) is 90.4 cm³/mol. The van der Waals surface area contributed by atoms with Gasteiger partial charge >= 0.3 is 5.97 Å². The molecule has 2 rings (SSSR count). The van der Waals surface area contributed by atoms with Crippen LogP contribution in [0.2, 0.25) is 0 Å². The first-order valence-electron chi connectivity index (χ1n) is 7.78. The van der Waals surface area contributed by atoms with Gasteiger partial charge in [0.25, 0.3) is 0 Å².